The molecule has 0 aliphatic heterocycles. The Morgan fingerprint density at radius 3 is 2.62 bits per heavy atom. The molecule has 3 N–H and O–H groups in total. The first-order valence-corrected chi connectivity index (χ1v) is 7.36. The summed E-state index contributed by atoms with van der Waals surface area (Å²) in [6.07, 6.45) is 3.95. The predicted octanol–water partition coefficient (Wildman–Crippen LogP) is 2.11. The monoisotopic (exact) mass is 290 g/mol. The maximum absolute atomic E-state index is 12.7. The van der Waals surface area contributed by atoms with Crippen LogP contribution in [0.3, 0.4) is 0 Å². The topological polar surface area (TPSA) is 83.6 Å². The number of carboxylic acids is 1. The lowest BCUT2D eigenvalue weighted by molar-refractivity contribution is -0.124. The Hall–Kier alpha value is -1.88. The van der Waals surface area contributed by atoms with Crippen molar-refractivity contribution in [3.8, 4) is 0 Å². The van der Waals surface area contributed by atoms with Crippen LogP contribution in [0, 0.1) is 11.8 Å². The molecular formula is C16H22N2O3. The van der Waals surface area contributed by atoms with E-state index in [-0.39, 0.29) is 23.3 Å². The van der Waals surface area contributed by atoms with Crippen molar-refractivity contribution in [2.24, 2.45) is 17.6 Å². The maximum Gasteiger partial charge on any atom is 0.337 e. The molecule has 0 saturated heterocycles. The lowest BCUT2D eigenvalue weighted by atomic mass is 9.78. The van der Waals surface area contributed by atoms with Crippen LogP contribution in [0.5, 0.6) is 0 Å². The number of nitrogens with zero attached hydrogens (tertiary/aromatic N) is 1. The molecule has 0 bridgehead atoms. The van der Waals surface area contributed by atoms with E-state index in [0.717, 1.165) is 25.7 Å². The van der Waals surface area contributed by atoms with Crippen molar-refractivity contribution < 1.29 is 14.7 Å². The quantitative estimate of drug-likeness (QED) is 0.889. The fourth-order valence-corrected chi connectivity index (χ4v) is 3.13. The van der Waals surface area contributed by atoms with Crippen molar-refractivity contribution in [1.82, 2.24) is 0 Å². The van der Waals surface area contributed by atoms with Crippen LogP contribution in [0.2, 0.25) is 0 Å². The summed E-state index contributed by atoms with van der Waals surface area (Å²) < 4.78 is 0. The van der Waals surface area contributed by atoms with E-state index in [1.54, 1.807) is 25.2 Å². The van der Waals surface area contributed by atoms with Gasteiger partial charge in [0.25, 0.3) is 0 Å². The first-order valence-electron chi connectivity index (χ1n) is 7.36. The third kappa shape index (κ3) is 3.24. The molecule has 5 nitrogen and oxygen atoms in total. The highest BCUT2D eigenvalue weighted by Gasteiger charge is 2.33. The zero-order chi connectivity index (χ0) is 15.4. The summed E-state index contributed by atoms with van der Waals surface area (Å²) in [7, 11) is 1.65. The highest BCUT2D eigenvalue weighted by Crippen LogP contribution is 2.32. The standard InChI is InChI=1S/C16H22N2O3/c1-18(14-9-5-4-8-13(14)16(20)21)15(19)12-7-3-2-6-11(12)10-17/h4-5,8-9,11-12H,2-3,6-7,10,17H2,1H3,(H,20,21). The molecule has 1 amide bonds. The van der Waals surface area contributed by atoms with Gasteiger partial charge in [0, 0.05) is 13.0 Å². The van der Waals surface area contributed by atoms with Gasteiger partial charge in [-0.3, -0.25) is 4.79 Å². The third-order valence-corrected chi connectivity index (χ3v) is 4.36. The molecule has 0 aromatic heterocycles. The molecule has 2 atom stereocenters. The molecule has 0 radical (unpaired) electrons. The smallest absolute Gasteiger partial charge is 0.337 e. The Bertz CT molecular complexity index is 530. The highest BCUT2D eigenvalue weighted by molar-refractivity contribution is 6.02. The van der Waals surface area contributed by atoms with Crippen LogP contribution in [0.15, 0.2) is 24.3 Å². The average Bonchev–Trinajstić information content (AvgIpc) is 2.53. The Balaban J connectivity index is 2.25. The number of amides is 1. The number of carbonyl (C=O) groups is 2. The van der Waals surface area contributed by atoms with Crippen LogP contribution in [0.25, 0.3) is 0 Å². The first-order chi connectivity index (χ1) is 10.1. The van der Waals surface area contributed by atoms with Gasteiger partial charge in [-0.1, -0.05) is 25.0 Å². The van der Waals surface area contributed by atoms with Crippen molar-refractivity contribution in [2.45, 2.75) is 25.7 Å². The highest BCUT2D eigenvalue weighted by atomic mass is 16.4. The molecular weight excluding hydrogens is 268 g/mol. The number of rotatable bonds is 4. The summed E-state index contributed by atoms with van der Waals surface area (Å²) in [4.78, 5) is 25.5. The maximum atomic E-state index is 12.7. The van der Waals surface area contributed by atoms with Crippen molar-refractivity contribution in [1.29, 1.82) is 0 Å². The van der Waals surface area contributed by atoms with Crippen molar-refractivity contribution >= 4 is 17.6 Å². The SMILES string of the molecule is CN(C(=O)C1CCCCC1CN)c1ccccc1C(=O)O. The van der Waals surface area contributed by atoms with Crippen LogP contribution in [-0.2, 0) is 4.79 Å². The lowest BCUT2D eigenvalue weighted by Gasteiger charge is -2.33. The molecule has 1 aromatic rings. The molecule has 114 valence electrons. The van der Waals surface area contributed by atoms with Crippen LogP contribution < -0.4 is 10.6 Å². The van der Waals surface area contributed by atoms with E-state index in [1.807, 2.05) is 0 Å². The molecule has 1 aromatic carbocycles. The third-order valence-electron chi connectivity index (χ3n) is 4.36. The van der Waals surface area contributed by atoms with E-state index in [4.69, 9.17) is 5.73 Å². The number of aromatic carboxylic acids is 1. The molecule has 21 heavy (non-hydrogen) atoms. The summed E-state index contributed by atoms with van der Waals surface area (Å²) in [5.74, 6) is -0.954. The van der Waals surface area contributed by atoms with Gasteiger partial charge in [0.2, 0.25) is 5.91 Å². The Labute approximate surface area is 124 Å². The Kier molecular flexibility index (Phi) is 4.96. The van der Waals surface area contributed by atoms with Crippen LogP contribution in [-0.4, -0.2) is 30.6 Å². The number of benzene rings is 1. The second kappa shape index (κ2) is 6.72. The van der Waals surface area contributed by atoms with E-state index in [0.29, 0.717) is 12.2 Å². The molecule has 1 saturated carbocycles. The second-order valence-corrected chi connectivity index (χ2v) is 5.61. The average molecular weight is 290 g/mol. The zero-order valence-electron chi connectivity index (χ0n) is 12.3. The summed E-state index contributed by atoms with van der Waals surface area (Å²) in [6.45, 7) is 0.505. The van der Waals surface area contributed by atoms with Crippen LogP contribution in [0.4, 0.5) is 5.69 Å². The molecule has 2 unspecified atom stereocenters. The summed E-state index contributed by atoms with van der Waals surface area (Å²) in [5, 5.41) is 9.25. The van der Waals surface area contributed by atoms with Gasteiger partial charge in [-0.2, -0.15) is 0 Å². The van der Waals surface area contributed by atoms with Crippen LogP contribution in [0.1, 0.15) is 36.0 Å². The molecule has 0 heterocycles. The number of para-hydroxylation sites is 1. The minimum Gasteiger partial charge on any atom is -0.478 e. The van der Waals surface area contributed by atoms with E-state index >= 15 is 0 Å². The summed E-state index contributed by atoms with van der Waals surface area (Å²) in [5.41, 5.74) is 6.37. The van der Waals surface area contributed by atoms with Gasteiger partial charge >= 0.3 is 5.97 Å². The van der Waals surface area contributed by atoms with E-state index in [9.17, 15) is 14.7 Å². The molecule has 1 aliphatic rings. The minimum atomic E-state index is -1.02. The molecule has 5 heteroatoms. The van der Waals surface area contributed by atoms with Crippen molar-refractivity contribution in [3.63, 3.8) is 0 Å². The zero-order valence-corrected chi connectivity index (χ0v) is 12.3. The van der Waals surface area contributed by atoms with Crippen molar-refractivity contribution in [2.75, 3.05) is 18.5 Å². The van der Waals surface area contributed by atoms with Gasteiger partial charge in [0.1, 0.15) is 0 Å². The van der Waals surface area contributed by atoms with Gasteiger partial charge in [-0.25, -0.2) is 4.79 Å². The van der Waals surface area contributed by atoms with Gasteiger partial charge in [0.15, 0.2) is 0 Å². The van der Waals surface area contributed by atoms with Gasteiger partial charge < -0.3 is 15.7 Å². The van der Waals surface area contributed by atoms with Gasteiger partial charge in [-0.15, -0.1) is 0 Å². The van der Waals surface area contributed by atoms with Crippen LogP contribution >= 0.6 is 0 Å². The molecule has 0 spiro atoms. The number of hydrogen-bond acceptors (Lipinski definition) is 3. The van der Waals surface area contributed by atoms with Crippen molar-refractivity contribution in [3.05, 3.63) is 29.8 Å². The fraction of sp³-hybridized carbons (Fsp3) is 0.500. The molecule has 1 aliphatic carbocycles. The molecule has 2 rings (SSSR count). The lowest BCUT2D eigenvalue weighted by Crippen LogP contribution is -2.41. The first kappa shape index (κ1) is 15.5. The van der Waals surface area contributed by atoms with E-state index in [2.05, 4.69) is 0 Å². The number of carboxylic acid groups (broad SMARTS) is 1. The Morgan fingerprint density at radius 2 is 1.95 bits per heavy atom. The van der Waals surface area contributed by atoms with Gasteiger partial charge in [-0.05, 0) is 37.4 Å². The normalized spacial score (nSPS) is 21.8. The van der Waals surface area contributed by atoms with E-state index < -0.39 is 5.97 Å². The van der Waals surface area contributed by atoms with E-state index in [1.165, 1.54) is 11.0 Å². The Morgan fingerprint density at radius 1 is 1.29 bits per heavy atom. The fourth-order valence-electron chi connectivity index (χ4n) is 3.13. The summed E-state index contributed by atoms with van der Waals surface area (Å²) >= 11 is 0. The number of anilines is 1. The largest absolute Gasteiger partial charge is 0.478 e. The minimum absolute atomic E-state index is 0.0288. The second-order valence-electron chi connectivity index (χ2n) is 5.61. The number of hydrogen-bond donors (Lipinski definition) is 2. The molecule has 1 fully saturated rings. The number of nitrogens with two attached hydrogens (primary N) is 1. The summed E-state index contributed by atoms with van der Waals surface area (Å²) in [6, 6.07) is 6.59. The predicted molar refractivity (Wildman–Crippen MR) is 81.3 cm³/mol. The number of carbonyl (C=O) groups excluding carboxylic acids is 1. The van der Waals surface area contributed by atoms with Gasteiger partial charge in [0.05, 0.1) is 11.3 Å².